The van der Waals surface area contributed by atoms with E-state index >= 15 is 0 Å². The quantitative estimate of drug-likeness (QED) is 0.344. The van der Waals surface area contributed by atoms with Crippen LogP contribution in [0.4, 0.5) is 5.69 Å². The van der Waals surface area contributed by atoms with Crippen molar-refractivity contribution in [3.63, 3.8) is 0 Å². The van der Waals surface area contributed by atoms with Crippen LogP contribution in [0.15, 0.2) is 72.3 Å². The highest BCUT2D eigenvalue weighted by molar-refractivity contribution is 6.51. The molecule has 0 saturated carbocycles. The van der Waals surface area contributed by atoms with Crippen molar-refractivity contribution in [3.8, 4) is 5.75 Å². The minimum Gasteiger partial charge on any atom is -0.507 e. The topological polar surface area (TPSA) is 66.8 Å². The number of fused-ring (bicyclic) bond motifs is 1. The van der Waals surface area contributed by atoms with Gasteiger partial charge in [0, 0.05) is 17.7 Å². The van der Waals surface area contributed by atoms with Crippen molar-refractivity contribution in [1.82, 2.24) is 0 Å². The predicted molar refractivity (Wildman–Crippen MR) is 127 cm³/mol. The monoisotopic (exact) mass is 439 g/mol. The van der Waals surface area contributed by atoms with Crippen molar-refractivity contribution in [2.45, 2.75) is 39.3 Å². The Morgan fingerprint density at radius 1 is 0.970 bits per heavy atom. The van der Waals surface area contributed by atoms with E-state index in [0.29, 0.717) is 11.3 Å². The number of carbonyl (C=O) groups is 2. The van der Waals surface area contributed by atoms with Crippen LogP contribution in [0.5, 0.6) is 5.75 Å². The highest BCUT2D eigenvalue weighted by Crippen LogP contribution is 2.43. The van der Waals surface area contributed by atoms with Gasteiger partial charge in [-0.15, -0.1) is 0 Å². The standard InChI is InChI=1S/C28H25NO4/c1-16-11-17(2)13-22(12-16)29-25(19-7-5-4-6-8-19)24(27(31)28(29)32)26(30)20-9-10-23-21(15-20)14-18(3)33-23/h4-13,15,18,25,30H,14H2,1-3H3/b26-24-. The number of ether oxygens (including phenoxy) is 1. The van der Waals surface area contributed by atoms with Gasteiger partial charge in [-0.05, 0) is 73.4 Å². The lowest BCUT2D eigenvalue weighted by Crippen LogP contribution is -2.29. The number of amides is 1. The largest absolute Gasteiger partial charge is 0.507 e. The SMILES string of the molecule is Cc1cc(C)cc(N2C(=O)C(=O)/C(=C(\O)c3ccc4c(c3)CC(C)O4)C2c2ccccc2)c1. The average molecular weight is 440 g/mol. The Morgan fingerprint density at radius 2 is 1.67 bits per heavy atom. The number of carbonyl (C=O) groups excluding carboxylic acids is 2. The molecule has 2 unspecified atom stereocenters. The summed E-state index contributed by atoms with van der Waals surface area (Å²) in [5, 5.41) is 11.4. The van der Waals surface area contributed by atoms with E-state index < -0.39 is 17.7 Å². The van der Waals surface area contributed by atoms with Gasteiger partial charge >= 0.3 is 0 Å². The maximum atomic E-state index is 13.3. The molecular formula is C28H25NO4. The van der Waals surface area contributed by atoms with Crippen LogP contribution in [0.25, 0.3) is 5.76 Å². The fraction of sp³-hybridized carbons (Fsp3) is 0.214. The number of rotatable bonds is 3. The molecule has 1 saturated heterocycles. The summed E-state index contributed by atoms with van der Waals surface area (Å²) >= 11 is 0. The maximum Gasteiger partial charge on any atom is 0.300 e. The number of Topliss-reactive ketones (excluding diaryl/α,β-unsaturated/α-hetero) is 1. The van der Waals surface area contributed by atoms with E-state index in [9.17, 15) is 14.7 Å². The zero-order valence-corrected chi connectivity index (χ0v) is 18.8. The van der Waals surface area contributed by atoms with Crippen molar-refractivity contribution in [1.29, 1.82) is 0 Å². The summed E-state index contributed by atoms with van der Waals surface area (Å²) in [6.07, 6.45) is 0.798. The third-order valence-electron chi connectivity index (χ3n) is 6.21. The summed E-state index contributed by atoms with van der Waals surface area (Å²) in [5.74, 6) is -0.718. The summed E-state index contributed by atoms with van der Waals surface area (Å²) in [7, 11) is 0. The second-order valence-corrected chi connectivity index (χ2v) is 8.88. The van der Waals surface area contributed by atoms with Crippen LogP contribution in [0.3, 0.4) is 0 Å². The van der Waals surface area contributed by atoms with Crippen LogP contribution in [-0.2, 0) is 16.0 Å². The van der Waals surface area contributed by atoms with Crippen LogP contribution in [0.1, 0.15) is 40.8 Å². The van der Waals surface area contributed by atoms with E-state index in [4.69, 9.17) is 4.74 Å². The van der Waals surface area contributed by atoms with Gasteiger partial charge in [-0.25, -0.2) is 0 Å². The molecule has 33 heavy (non-hydrogen) atoms. The van der Waals surface area contributed by atoms with E-state index in [1.54, 1.807) is 6.07 Å². The number of ketones is 1. The number of aliphatic hydroxyl groups excluding tert-OH is 1. The Morgan fingerprint density at radius 3 is 2.36 bits per heavy atom. The Kier molecular flexibility index (Phi) is 5.05. The minimum absolute atomic E-state index is 0.0665. The summed E-state index contributed by atoms with van der Waals surface area (Å²) in [5.41, 5.74) is 4.96. The normalized spacial score (nSPS) is 21.2. The summed E-state index contributed by atoms with van der Waals surface area (Å²) in [6.45, 7) is 5.90. The van der Waals surface area contributed by atoms with Crippen LogP contribution in [-0.4, -0.2) is 22.9 Å². The van der Waals surface area contributed by atoms with Gasteiger partial charge in [-0.3, -0.25) is 14.5 Å². The lowest BCUT2D eigenvalue weighted by molar-refractivity contribution is -0.132. The number of hydrogen-bond donors (Lipinski definition) is 1. The van der Waals surface area contributed by atoms with Gasteiger partial charge in [-0.2, -0.15) is 0 Å². The van der Waals surface area contributed by atoms with E-state index in [-0.39, 0.29) is 17.4 Å². The molecule has 5 rings (SSSR count). The van der Waals surface area contributed by atoms with Gasteiger partial charge in [0.1, 0.15) is 17.6 Å². The van der Waals surface area contributed by atoms with Crippen molar-refractivity contribution in [3.05, 3.63) is 100 Å². The number of anilines is 1. The molecule has 0 radical (unpaired) electrons. The van der Waals surface area contributed by atoms with E-state index in [1.165, 1.54) is 4.90 Å². The molecule has 0 aromatic heterocycles. The minimum atomic E-state index is -0.726. The molecule has 3 aromatic rings. The van der Waals surface area contributed by atoms with Gasteiger partial charge in [0.25, 0.3) is 11.7 Å². The molecule has 2 aliphatic rings. The molecule has 2 heterocycles. The van der Waals surface area contributed by atoms with Gasteiger partial charge in [0.05, 0.1) is 11.6 Å². The van der Waals surface area contributed by atoms with E-state index in [1.807, 2.05) is 81.4 Å². The second kappa shape index (κ2) is 7.93. The number of hydrogen-bond acceptors (Lipinski definition) is 4. The molecule has 3 aromatic carbocycles. The molecule has 5 nitrogen and oxygen atoms in total. The molecule has 0 bridgehead atoms. The Hall–Kier alpha value is -3.86. The molecule has 2 aliphatic heterocycles. The lowest BCUT2D eigenvalue weighted by atomic mass is 9.94. The molecule has 0 aliphatic carbocycles. The third-order valence-corrected chi connectivity index (χ3v) is 6.21. The van der Waals surface area contributed by atoms with Crippen molar-refractivity contribution in [2.75, 3.05) is 4.90 Å². The molecule has 5 heteroatoms. The van der Waals surface area contributed by atoms with E-state index in [0.717, 1.165) is 34.4 Å². The third kappa shape index (κ3) is 3.59. The fourth-order valence-corrected chi connectivity index (χ4v) is 4.86. The summed E-state index contributed by atoms with van der Waals surface area (Å²) in [4.78, 5) is 28.1. The molecule has 1 N–H and O–H groups in total. The Bertz CT molecular complexity index is 1290. The average Bonchev–Trinajstić information content (AvgIpc) is 3.29. The second-order valence-electron chi connectivity index (χ2n) is 8.88. The molecular weight excluding hydrogens is 414 g/mol. The van der Waals surface area contributed by atoms with Gasteiger partial charge in [-0.1, -0.05) is 36.4 Å². The first kappa shape index (κ1) is 21.0. The van der Waals surface area contributed by atoms with Gasteiger partial charge in [0.15, 0.2) is 0 Å². The zero-order valence-electron chi connectivity index (χ0n) is 18.8. The number of nitrogens with zero attached hydrogens (tertiary/aromatic N) is 1. The van der Waals surface area contributed by atoms with Crippen molar-refractivity contribution in [2.24, 2.45) is 0 Å². The number of benzene rings is 3. The van der Waals surface area contributed by atoms with Crippen LogP contribution in [0.2, 0.25) is 0 Å². The van der Waals surface area contributed by atoms with Crippen LogP contribution < -0.4 is 9.64 Å². The molecule has 1 fully saturated rings. The van der Waals surface area contributed by atoms with Crippen LogP contribution in [0, 0.1) is 13.8 Å². The van der Waals surface area contributed by atoms with Crippen LogP contribution >= 0.6 is 0 Å². The fourth-order valence-electron chi connectivity index (χ4n) is 4.86. The lowest BCUT2D eigenvalue weighted by Gasteiger charge is -2.26. The zero-order chi connectivity index (χ0) is 23.3. The highest BCUT2D eigenvalue weighted by atomic mass is 16.5. The van der Waals surface area contributed by atoms with Crippen molar-refractivity contribution < 1.29 is 19.4 Å². The Labute approximate surface area is 192 Å². The summed E-state index contributed by atoms with van der Waals surface area (Å²) < 4.78 is 5.77. The first-order valence-electron chi connectivity index (χ1n) is 11.1. The summed E-state index contributed by atoms with van der Waals surface area (Å²) in [6, 6.07) is 19.8. The van der Waals surface area contributed by atoms with E-state index in [2.05, 4.69) is 0 Å². The Balaban J connectivity index is 1.70. The molecule has 166 valence electrons. The maximum absolute atomic E-state index is 13.3. The first-order valence-corrected chi connectivity index (χ1v) is 11.1. The highest BCUT2D eigenvalue weighted by Gasteiger charge is 2.47. The van der Waals surface area contributed by atoms with Gasteiger partial charge in [0.2, 0.25) is 0 Å². The molecule has 1 amide bonds. The molecule has 0 spiro atoms. The molecule has 2 atom stereocenters. The predicted octanol–water partition coefficient (Wildman–Crippen LogP) is 5.25. The smallest absolute Gasteiger partial charge is 0.300 e. The van der Waals surface area contributed by atoms with Crippen molar-refractivity contribution >= 4 is 23.1 Å². The number of aryl methyl sites for hydroxylation is 2. The first-order chi connectivity index (χ1) is 15.8. The van der Waals surface area contributed by atoms with Gasteiger partial charge < -0.3 is 9.84 Å². The number of aliphatic hydroxyl groups is 1.